The lowest BCUT2D eigenvalue weighted by Gasteiger charge is -2.17. The zero-order chi connectivity index (χ0) is 16.5. The molecule has 1 saturated heterocycles. The maximum absolute atomic E-state index is 12.5. The topological polar surface area (TPSA) is 32.3 Å². The second-order valence-corrected chi connectivity index (χ2v) is 7.21. The molecule has 2 aromatic rings. The average molecular weight is 320 g/mol. The molecule has 0 aromatic heterocycles. The number of carbonyl (C=O) groups excluding carboxylic acids is 1. The number of benzene rings is 2. The van der Waals surface area contributed by atoms with Crippen molar-refractivity contribution in [1.82, 2.24) is 10.2 Å². The monoisotopic (exact) mass is 320 g/mol. The summed E-state index contributed by atoms with van der Waals surface area (Å²) in [5, 5.41) is 3.13. The first-order chi connectivity index (χ1) is 11.7. The second-order valence-electron chi connectivity index (χ2n) is 7.21. The van der Waals surface area contributed by atoms with E-state index in [9.17, 15) is 4.79 Å². The molecule has 124 valence electrons. The van der Waals surface area contributed by atoms with Gasteiger partial charge in [-0.3, -0.25) is 4.79 Å². The molecule has 3 heteroatoms. The average Bonchev–Trinajstić information content (AvgIpc) is 2.93. The van der Waals surface area contributed by atoms with E-state index in [2.05, 4.69) is 59.7 Å². The van der Waals surface area contributed by atoms with Crippen LogP contribution in [-0.4, -0.2) is 37.5 Å². The van der Waals surface area contributed by atoms with Crippen molar-refractivity contribution in [2.75, 3.05) is 26.7 Å². The largest absolute Gasteiger partial charge is 0.352 e. The van der Waals surface area contributed by atoms with Gasteiger partial charge in [-0.1, -0.05) is 42.5 Å². The van der Waals surface area contributed by atoms with E-state index in [1.165, 1.54) is 16.7 Å². The molecule has 0 spiro atoms. The lowest BCUT2D eigenvalue weighted by molar-refractivity contribution is 0.0951. The molecule has 2 aliphatic heterocycles. The first-order valence-corrected chi connectivity index (χ1v) is 8.84. The Labute approximate surface area is 143 Å². The van der Waals surface area contributed by atoms with E-state index in [4.69, 9.17) is 0 Å². The van der Waals surface area contributed by atoms with Crippen LogP contribution in [0.25, 0.3) is 0 Å². The van der Waals surface area contributed by atoms with E-state index in [0.717, 1.165) is 38.0 Å². The highest BCUT2D eigenvalue weighted by atomic mass is 16.1. The molecule has 4 rings (SSSR count). The summed E-state index contributed by atoms with van der Waals surface area (Å²) in [6.07, 6.45) is 1.98. The summed E-state index contributed by atoms with van der Waals surface area (Å²) >= 11 is 0. The number of fused-ring (bicyclic) bond motifs is 3. The predicted octanol–water partition coefficient (Wildman–Crippen LogP) is 2.86. The van der Waals surface area contributed by atoms with Crippen molar-refractivity contribution in [3.8, 4) is 0 Å². The Morgan fingerprint density at radius 2 is 1.83 bits per heavy atom. The van der Waals surface area contributed by atoms with Crippen LogP contribution >= 0.6 is 0 Å². The van der Waals surface area contributed by atoms with E-state index < -0.39 is 0 Å². The maximum Gasteiger partial charge on any atom is 0.251 e. The number of amides is 1. The van der Waals surface area contributed by atoms with Crippen LogP contribution in [-0.2, 0) is 12.8 Å². The first-order valence-electron chi connectivity index (χ1n) is 8.84. The number of hydrogen-bond acceptors (Lipinski definition) is 2. The Balaban J connectivity index is 1.58. The highest BCUT2D eigenvalue weighted by molar-refractivity contribution is 5.96. The van der Waals surface area contributed by atoms with E-state index >= 15 is 0 Å². The number of nitrogens with one attached hydrogen (secondary N) is 1. The van der Waals surface area contributed by atoms with Gasteiger partial charge < -0.3 is 10.2 Å². The molecular weight excluding hydrogens is 296 g/mol. The van der Waals surface area contributed by atoms with Gasteiger partial charge in [0.15, 0.2) is 0 Å². The van der Waals surface area contributed by atoms with Gasteiger partial charge in [0, 0.05) is 31.1 Å². The van der Waals surface area contributed by atoms with Gasteiger partial charge in [-0.05, 0) is 48.6 Å². The van der Waals surface area contributed by atoms with Crippen LogP contribution in [0.3, 0.4) is 0 Å². The Hall–Kier alpha value is -2.13. The zero-order valence-corrected chi connectivity index (χ0v) is 14.2. The van der Waals surface area contributed by atoms with Crippen molar-refractivity contribution < 1.29 is 4.79 Å². The Morgan fingerprint density at radius 3 is 2.67 bits per heavy atom. The highest BCUT2D eigenvalue weighted by Gasteiger charge is 2.36. The fraction of sp³-hybridized carbons (Fsp3) is 0.381. The van der Waals surface area contributed by atoms with Gasteiger partial charge in [-0.2, -0.15) is 0 Å². The van der Waals surface area contributed by atoms with Crippen LogP contribution in [0, 0.1) is 5.92 Å². The smallest absolute Gasteiger partial charge is 0.251 e. The third kappa shape index (κ3) is 2.96. The van der Waals surface area contributed by atoms with Crippen LogP contribution in [0.1, 0.15) is 33.0 Å². The molecule has 2 atom stereocenters. The van der Waals surface area contributed by atoms with E-state index in [1.807, 2.05) is 6.07 Å². The number of rotatable bonds is 3. The van der Waals surface area contributed by atoms with Gasteiger partial charge in [-0.25, -0.2) is 0 Å². The molecule has 0 aliphatic carbocycles. The highest BCUT2D eigenvalue weighted by Crippen LogP contribution is 2.35. The van der Waals surface area contributed by atoms with E-state index in [-0.39, 0.29) is 5.91 Å². The van der Waals surface area contributed by atoms with Crippen LogP contribution in [0.4, 0.5) is 0 Å². The minimum absolute atomic E-state index is 0.101. The van der Waals surface area contributed by atoms with Crippen molar-refractivity contribution in [1.29, 1.82) is 0 Å². The van der Waals surface area contributed by atoms with Crippen LogP contribution in [0.2, 0.25) is 0 Å². The molecule has 2 aromatic carbocycles. The van der Waals surface area contributed by atoms with Gasteiger partial charge in [-0.15, -0.1) is 0 Å². The van der Waals surface area contributed by atoms with Crippen molar-refractivity contribution in [2.45, 2.75) is 18.8 Å². The van der Waals surface area contributed by atoms with Gasteiger partial charge in [0.25, 0.3) is 5.91 Å². The Bertz CT molecular complexity index is 741. The number of nitrogens with zero attached hydrogens (tertiary/aromatic N) is 1. The summed E-state index contributed by atoms with van der Waals surface area (Å²) in [6.45, 7) is 2.91. The molecular formula is C21H24N2O. The van der Waals surface area contributed by atoms with Crippen LogP contribution in [0.5, 0.6) is 0 Å². The lowest BCUT2D eigenvalue weighted by Crippen LogP contribution is -2.29. The molecule has 3 nitrogen and oxygen atoms in total. The van der Waals surface area contributed by atoms with Gasteiger partial charge in [0.1, 0.15) is 0 Å². The Kier molecular flexibility index (Phi) is 4.11. The van der Waals surface area contributed by atoms with Crippen molar-refractivity contribution in [3.05, 3.63) is 70.8 Å². The fourth-order valence-electron chi connectivity index (χ4n) is 4.18. The first kappa shape index (κ1) is 15.4. The number of likely N-dealkylation sites (N-methyl/N-ethyl adjacent to an activating group) is 1. The fourth-order valence-corrected chi connectivity index (χ4v) is 4.18. The molecule has 2 heterocycles. The molecule has 1 N–H and O–H groups in total. The summed E-state index contributed by atoms with van der Waals surface area (Å²) in [7, 11) is 2.17. The van der Waals surface area contributed by atoms with Crippen molar-refractivity contribution in [2.24, 2.45) is 5.92 Å². The normalized spacial score (nSPS) is 23.3. The molecule has 2 aliphatic rings. The number of likely N-dealkylation sites (tertiary alicyclic amines) is 1. The van der Waals surface area contributed by atoms with Gasteiger partial charge in [0.2, 0.25) is 0 Å². The van der Waals surface area contributed by atoms with E-state index in [1.54, 1.807) is 0 Å². The summed E-state index contributed by atoms with van der Waals surface area (Å²) in [5.74, 6) is 1.12. The molecule has 24 heavy (non-hydrogen) atoms. The molecule has 0 bridgehead atoms. The molecule has 0 saturated carbocycles. The summed E-state index contributed by atoms with van der Waals surface area (Å²) in [5.41, 5.74) is 4.72. The molecule has 1 fully saturated rings. The predicted molar refractivity (Wildman–Crippen MR) is 96.4 cm³/mol. The lowest BCUT2D eigenvalue weighted by atomic mass is 9.86. The third-order valence-corrected chi connectivity index (χ3v) is 5.46. The minimum Gasteiger partial charge on any atom is -0.352 e. The second kappa shape index (κ2) is 6.40. The summed E-state index contributed by atoms with van der Waals surface area (Å²) in [6, 6.07) is 17.1. The number of carbonyl (C=O) groups is 1. The SMILES string of the molecule is CN1CC2c3ccc(CCc4ccccc4)cc3C(=O)NC[C@H]2C1. The van der Waals surface area contributed by atoms with Gasteiger partial charge >= 0.3 is 0 Å². The minimum atomic E-state index is 0.101. The third-order valence-electron chi connectivity index (χ3n) is 5.46. The van der Waals surface area contributed by atoms with Gasteiger partial charge in [0.05, 0.1) is 0 Å². The van der Waals surface area contributed by atoms with Crippen LogP contribution in [0.15, 0.2) is 48.5 Å². The van der Waals surface area contributed by atoms with Crippen LogP contribution < -0.4 is 5.32 Å². The molecule has 0 radical (unpaired) electrons. The molecule has 1 amide bonds. The van der Waals surface area contributed by atoms with Crippen molar-refractivity contribution >= 4 is 5.91 Å². The van der Waals surface area contributed by atoms with Crippen molar-refractivity contribution in [3.63, 3.8) is 0 Å². The maximum atomic E-state index is 12.5. The number of aryl methyl sites for hydroxylation is 2. The summed E-state index contributed by atoms with van der Waals surface area (Å²) < 4.78 is 0. The zero-order valence-electron chi connectivity index (χ0n) is 14.2. The standard InChI is InChI=1S/C21H24N2O/c1-23-13-17-12-22-21(24)19-11-16(9-10-18(19)20(17)14-23)8-7-15-5-3-2-4-6-15/h2-6,9-11,17,20H,7-8,12-14H2,1H3,(H,22,24)/t17-,20?/m0/s1. The number of hydrogen-bond donors (Lipinski definition) is 1. The quantitative estimate of drug-likeness (QED) is 0.943. The summed E-state index contributed by atoms with van der Waals surface area (Å²) in [4.78, 5) is 14.9. The molecule has 1 unspecified atom stereocenters. The Morgan fingerprint density at radius 1 is 1.04 bits per heavy atom. The van der Waals surface area contributed by atoms with E-state index in [0.29, 0.717) is 11.8 Å².